The van der Waals surface area contributed by atoms with Gasteiger partial charge in [0.1, 0.15) is 30.9 Å². The van der Waals surface area contributed by atoms with Crippen LogP contribution < -0.4 is 0 Å². The molecule has 0 N–H and O–H groups in total. The van der Waals surface area contributed by atoms with E-state index in [0.717, 1.165) is 0 Å². The average molecular weight is 261 g/mol. The van der Waals surface area contributed by atoms with E-state index >= 15 is 0 Å². The summed E-state index contributed by atoms with van der Waals surface area (Å²) in [5.74, 6) is 0. The van der Waals surface area contributed by atoms with Gasteiger partial charge in [-0.3, -0.25) is 10.1 Å². The Hall–Kier alpha value is -0.900. The zero-order chi connectivity index (χ0) is 9.94. The summed E-state index contributed by atoms with van der Waals surface area (Å²) in [7, 11) is -3.92. The van der Waals surface area contributed by atoms with E-state index in [0.29, 0.717) is 6.26 Å². The van der Waals surface area contributed by atoms with E-state index in [1.807, 2.05) is 0 Å². The van der Waals surface area contributed by atoms with Gasteiger partial charge in [-0.05, 0) is 0 Å². The maximum absolute atomic E-state index is 10.4. The van der Waals surface area contributed by atoms with Crippen molar-refractivity contribution < 1.29 is 18.2 Å². The van der Waals surface area contributed by atoms with Gasteiger partial charge in [0.25, 0.3) is 0 Å². The fraction of sp³-hybridized carbons (Fsp3) is 0.500. The third-order valence-electron chi connectivity index (χ3n) is 0.531. The molecule has 8 nitrogen and oxygen atoms in total. The highest BCUT2D eigenvalue weighted by Crippen LogP contribution is 2.01. The van der Waals surface area contributed by atoms with Crippen molar-refractivity contribution >= 4 is 30.7 Å². The van der Waals surface area contributed by atoms with Crippen molar-refractivity contribution in [3.05, 3.63) is 20.2 Å². The molecule has 70 valence electrons. The Labute approximate surface area is 75.8 Å². The van der Waals surface area contributed by atoms with Crippen molar-refractivity contribution in [3.8, 4) is 0 Å². The third kappa shape index (κ3) is 4.08. The number of hydrogen-bond acceptors (Lipinski definition) is 5. The molecule has 0 heterocycles. The topological polar surface area (TPSA) is 117 Å². The van der Waals surface area contributed by atoms with Crippen LogP contribution in [0.1, 0.15) is 0 Å². The van der Waals surface area contributed by atoms with Gasteiger partial charge in [-0.1, -0.05) is 0 Å². The van der Waals surface area contributed by atoms with Crippen LogP contribution in [0.5, 0.6) is 0 Å². The molecule has 0 aliphatic rings. The molecule has 0 spiro atoms. The van der Waals surface area contributed by atoms with Crippen LogP contribution in [0.4, 0.5) is 0 Å². The van der Waals surface area contributed by atoms with E-state index in [4.69, 9.17) is 0 Å². The molecule has 12 heavy (non-hydrogen) atoms. The number of nitro groups is 1. The van der Waals surface area contributed by atoms with E-state index in [-0.39, 0.29) is 0 Å². The summed E-state index contributed by atoms with van der Waals surface area (Å²) < 4.78 is 19.5. The number of nitrogens with zero attached hydrogens (tertiary/aromatic N) is 3. The second-order valence-corrected chi connectivity index (χ2v) is 3.95. The van der Waals surface area contributed by atoms with Crippen molar-refractivity contribution in [2.24, 2.45) is 0 Å². The second kappa shape index (κ2) is 3.67. The summed E-state index contributed by atoms with van der Waals surface area (Å²) in [5.41, 5.74) is 0. The number of hydrogen-bond donors (Lipinski definition) is 0. The standard InChI is InChI=1S/C2H3BrN3O5S/c1-12(10,11)4-5(7)2(3)6(8)9/h1H3/q-1/b5-2-. The lowest BCUT2D eigenvalue weighted by atomic mass is 11.3. The average Bonchev–Trinajstić information content (AvgIpc) is 1.82. The number of sulfonamides is 1. The molecule has 0 bridgehead atoms. The van der Waals surface area contributed by atoms with Crippen LogP contribution in [0.15, 0.2) is 0 Å². The lowest BCUT2D eigenvalue weighted by Gasteiger charge is -2.12. The summed E-state index contributed by atoms with van der Waals surface area (Å²) in [6, 6.07) is 0. The summed E-state index contributed by atoms with van der Waals surface area (Å²) in [4.78, 5) is 10.6. The van der Waals surface area contributed by atoms with Gasteiger partial charge in [-0.25, -0.2) is 8.42 Å². The van der Waals surface area contributed by atoms with Crippen LogP contribution >= 0.6 is 15.9 Å². The highest BCUT2D eigenvalue weighted by molar-refractivity contribution is 9.18. The molecule has 0 unspecified atom stereocenters. The molecule has 0 aliphatic carbocycles. The highest BCUT2D eigenvalue weighted by Gasteiger charge is 2.15. The lowest BCUT2D eigenvalue weighted by Crippen LogP contribution is -2.17. The minimum atomic E-state index is -3.92. The van der Waals surface area contributed by atoms with Gasteiger partial charge < -0.3 is 10.0 Å². The molecule has 0 fully saturated rings. The molecule has 0 amide bonds. The molecular formula is C2H3BrN3O5S-. The summed E-state index contributed by atoms with van der Waals surface area (Å²) >= 11 is 2.23. The molecule has 0 aromatic carbocycles. The summed E-state index contributed by atoms with van der Waals surface area (Å²) in [6.45, 7) is 0. The van der Waals surface area contributed by atoms with E-state index in [1.54, 1.807) is 0 Å². The van der Waals surface area contributed by atoms with E-state index in [2.05, 4.69) is 20.8 Å². The van der Waals surface area contributed by atoms with Crippen LogP contribution in [-0.2, 0) is 10.0 Å². The maximum Gasteiger partial charge on any atom is 0.545 e. The number of amidine groups is 1. The zero-order valence-electron chi connectivity index (χ0n) is 5.67. The van der Waals surface area contributed by atoms with Crippen molar-refractivity contribution in [1.29, 1.82) is 0 Å². The minimum Gasteiger partial charge on any atom is -0.622 e. The maximum atomic E-state index is 10.4. The molecule has 0 aliphatic heterocycles. The second-order valence-electron chi connectivity index (χ2n) is 1.61. The molecule has 0 saturated carbocycles. The zero-order valence-corrected chi connectivity index (χ0v) is 8.07. The van der Waals surface area contributed by atoms with E-state index in [9.17, 15) is 23.7 Å². The Morgan fingerprint density at radius 2 is 1.92 bits per heavy atom. The molecule has 0 aromatic rings. The van der Waals surface area contributed by atoms with Gasteiger partial charge in [0.15, 0.2) is 0 Å². The number of halogens is 1. The fourth-order valence-corrected chi connectivity index (χ4v) is 0.769. The van der Waals surface area contributed by atoms with Crippen LogP contribution in [0.2, 0.25) is 0 Å². The Morgan fingerprint density at radius 1 is 1.50 bits per heavy atom. The predicted molar refractivity (Wildman–Crippen MR) is 42.8 cm³/mol. The van der Waals surface area contributed by atoms with Crippen molar-refractivity contribution in [1.82, 2.24) is 0 Å². The Balaban J connectivity index is 4.72. The number of rotatable bonds is 2. The largest absolute Gasteiger partial charge is 0.622 e. The van der Waals surface area contributed by atoms with Gasteiger partial charge >= 0.3 is 4.74 Å². The van der Waals surface area contributed by atoms with E-state index < -0.39 is 24.5 Å². The molecule has 0 saturated heterocycles. The normalized spacial score (nSPS) is 13.5. The van der Waals surface area contributed by atoms with Gasteiger partial charge in [0, 0.05) is 6.26 Å². The third-order valence-corrected chi connectivity index (χ3v) is 1.57. The van der Waals surface area contributed by atoms with Crippen molar-refractivity contribution in [2.75, 3.05) is 6.26 Å². The monoisotopic (exact) mass is 260 g/mol. The SMILES string of the molecule is CS(=O)(=O)[N-]/[N+]([O-])=C(\Br)[N+](=O)[O-]. The molecule has 0 aromatic heterocycles. The Bertz CT molecular complexity index is 320. The molecular weight excluding hydrogens is 258 g/mol. The molecule has 0 radical (unpaired) electrons. The van der Waals surface area contributed by atoms with Crippen molar-refractivity contribution in [3.63, 3.8) is 0 Å². The Morgan fingerprint density at radius 3 is 2.17 bits per heavy atom. The summed E-state index contributed by atoms with van der Waals surface area (Å²) in [6.07, 6.45) is 0.637. The van der Waals surface area contributed by atoms with Crippen molar-refractivity contribution in [2.45, 2.75) is 0 Å². The van der Waals surface area contributed by atoms with Gasteiger partial charge in [0.2, 0.25) is 0 Å². The first-order valence-electron chi connectivity index (χ1n) is 2.31. The minimum absolute atomic E-state index is 0.630. The fourth-order valence-electron chi connectivity index (χ4n) is 0.238. The van der Waals surface area contributed by atoms with Crippen LogP contribution in [0.3, 0.4) is 0 Å². The first-order chi connectivity index (χ1) is 5.24. The quantitative estimate of drug-likeness (QED) is 0.129. The van der Waals surface area contributed by atoms with Gasteiger partial charge in [-0.2, -0.15) is 4.85 Å². The lowest BCUT2D eigenvalue weighted by molar-refractivity contribution is -0.473. The Kier molecular flexibility index (Phi) is 3.39. The van der Waals surface area contributed by atoms with Crippen LogP contribution in [0, 0.1) is 15.3 Å². The summed E-state index contributed by atoms with van der Waals surface area (Å²) in [5, 5.41) is 20.3. The van der Waals surface area contributed by atoms with Gasteiger partial charge in [-0.15, -0.1) is 0 Å². The smallest absolute Gasteiger partial charge is 0.545 e. The highest BCUT2D eigenvalue weighted by atomic mass is 79.9. The first kappa shape index (κ1) is 11.1. The molecule has 0 atom stereocenters. The predicted octanol–water partition coefficient (Wildman–Crippen LogP) is -0.227. The molecule has 10 heteroatoms. The van der Waals surface area contributed by atoms with E-state index in [1.165, 1.54) is 0 Å². The first-order valence-corrected chi connectivity index (χ1v) is 4.95. The molecule has 0 rings (SSSR count). The van der Waals surface area contributed by atoms with Crippen LogP contribution in [-0.4, -0.2) is 29.2 Å². The van der Waals surface area contributed by atoms with Crippen LogP contribution in [0.25, 0.3) is 4.83 Å². The van der Waals surface area contributed by atoms with Gasteiger partial charge in [0.05, 0.1) is 0 Å².